The molecule has 6 nitrogen and oxygen atoms in total. The van der Waals surface area contributed by atoms with Gasteiger partial charge in [-0.1, -0.05) is 44.8 Å². The Kier molecular flexibility index (Phi) is 10.6. The van der Waals surface area contributed by atoms with Crippen LogP contribution >= 0.6 is 0 Å². The highest BCUT2D eigenvalue weighted by molar-refractivity contribution is 5.78. The van der Waals surface area contributed by atoms with Crippen molar-refractivity contribution < 1.29 is 23.9 Å². The maximum Gasteiger partial charge on any atom is 0.325 e. The lowest BCUT2D eigenvalue weighted by Gasteiger charge is -2.37. The van der Waals surface area contributed by atoms with Gasteiger partial charge >= 0.3 is 11.9 Å². The highest BCUT2D eigenvalue weighted by Gasteiger charge is 2.43. The lowest BCUT2D eigenvalue weighted by molar-refractivity contribution is -0.190. The Morgan fingerprint density at radius 2 is 2.16 bits per heavy atom. The maximum absolute atomic E-state index is 11.8. The summed E-state index contributed by atoms with van der Waals surface area (Å²) in [4.78, 5) is 33.8. The van der Waals surface area contributed by atoms with Crippen LogP contribution in [-0.4, -0.2) is 37.1 Å². The van der Waals surface area contributed by atoms with Crippen molar-refractivity contribution in [1.29, 1.82) is 0 Å². The first-order valence-corrected chi connectivity index (χ1v) is 9.30. The fraction of sp³-hybridized carbons (Fsp3) is 0.737. The molecule has 6 heteroatoms. The summed E-state index contributed by atoms with van der Waals surface area (Å²) >= 11 is 0. The summed E-state index contributed by atoms with van der Waals surface area (Å²) in [5, 5.41) is 2.30. The molecule has 1 unspecified atom stereocenters. The average Bonchev–Trinajstić information content (AvgIpc) is 2.59. The monoisotopic (exact) mass is 353 g/mol. The Hall–Kier alpha value is -1.85. The fourth-order valence-corrected chi connectivity index (χ4v) is 2.99. The Labute approximate surface area is 150 Å². The van der Waals surface area contributed by atoms with E-state index in [9.17, 15) is 14.4 Å². The minimum absolute atomic E-state index is 0.0760. The Morgan fingerprint density at radius 3 is 2.80 bits per heavy atom. The first-order valence-electron chi connectivity index (χ1n) is 9.30. The van der Waals surface area contributed by atoms with E-state index in [-0.39, 0.29) is 30.6 Å². The van der Waals surface area contributed by atoms with Crippen molar-refractivity contribution in [1.82, 2.24) is 5.32 Å². The standard InChI is InChI=1S/C19H31NO5/c1-3-5-7-9-11-16-17(25-19(16)23)12-15(10-8-6-4-2)24-18(22)13-20-14-21/h4,6,14-17H,3,5,7-13H2,1-2H3,(H,20,21)/t15?,16-,17-/m0/s1. The molecule has 0 aromatic carbocycles. The minimum Gasteiger partial charge on any atom is -0.461 e. The largest absolute Gasteiger partial charge is 0.461 e. The van der Waals surface area contributed by atoms with Crippen molar-refractivity contribution in [3.63, 3.8) is 0 Å². The number of nitrogens with one attached hydrogen (secondary N) is 1. The molecule has 3 atom stereocenters. The molecule has 0 spiro atoms. The number of rotatable bonds is 14. The van der Waals surface area contributed by atoms with Gasteiger partial charge in [0.2, 0.25) is 6.41 Å². The van der Waals surface area contributed by atoms with E-state index < -0.39 is 5.97 Å². The summed E-state index contributed by atoms with van der Waals surface area (Å²) in [6.45, 7) is 3.95. The second-order valence-corrected chi connectivity index (χ2v) is 6.42. The van der Waals surface area contributed by atoms with Crippen molar-refractivity contribution in [3.05, 3.63) is 12.2 Å². The second kappa shape index (κ2) is 12.5. The molecule has 1 N–H and O–H groups in total. The zero-order valence-electron chi connectivity index (χ0n) is 15.4. The third kappa shape index (κ3) is 8.18. The number of carbonyl (C=O) groups excluding carboxylic acids is 3. The first kappa shape index (κ1) is 21.2. The van der Waals surface area contributed by atoms with Gasteiger partial charge in [0.25, 0.3) is 0 Å². The van der Waals surface area contributed by atoms with Crippen LogP contribution in [0.3, 0.4) is 0 Å². The number of amides is 1. The van der Waals surface area contributed by atoms with E-state index in [4.69, 9.17) is 9.47 Å². The number of hydrogen-bond donors (Lipinski definition) is 1. The molecule has 142 valence electrons. The summed E-state index contributed by atoms with van der Waals surface area (Å²) in [5.74, 6) is -0.682. The fourth-order valence-electron chi connectivity index (χ4n) is 2.99. The number of cyclic esters (lactones) is 1. The molecular formula is C19H31NO5. The third-order valence-corrected chi connectivity index (χ3v) is 4.40. The van der Waals surface area contributed by atoms with Crippen LogP contribution in [0.15, 0.2) is 12.2 Å². The molecule has 1 aliphatic rings. The molecular weight excluding hydrogens is 322 g/mol. The lowest BCUT2D eigenvalue weighted by Crippen LogP contribution is -2.47. The predicted molar refractivity (Wildman–Crippen MR) is 94.7 cm³/mol. The normalized spacial score (nSPS) is 20.6. The average molecular weight is 353 g/mol. The Bertz CT molecular complexity index is 449. The van der Waals surface area contributed by atoms with Gasteiger partial charge in [-0.15, -0.1) is 0 Å². The van der Waals surface area contributed by atoms with E-state index >= 15 is 0 Å². The third-order valence-electron chi connectivity index (χ3n) is 4.40. The van der Waals surface area contributed by atoms with Crippen molar-refractivity contribution in [3.8, 4) is 0 Å². The zero-order chi connectivity index (χ0) is 18.5. The van der Waals surface area contributed by atoms with Gasteiger partial charge in [-0.05, 0) is 26.2 Å². The minimum atomic E-state index is -0.470. The van der Waals surface area contributed by atoms with Crippen LogP contribution in [0.2, 0.25) is 0 Å². The molecule has 1 heterocycles. The lowest BCUT2D eigenvalue weighted by atomic mass is 9.86. The van der Waals surface area contributed by atoms with E-state index in [1.165, 1.54) is 6.42 Å². The van der Waals surface area contributed by atoms with Gasteiger partial charge in [0, 0.05) is 6.42 Å². The van der Waals surface area contributed by atoms with Gasteiger partial charge in [-0.2, -0.15) is 0 Å². The summed E-state index contributed by atoms with van der Waals surface area (Å²) < 4.78 is 10.7. The number of esters is 2. The van der Waals surface area contributed by atoms with E-state index in [0.29, 0.717) is 19.3 Å². The molecule has 1 saturated heterocycles. The van der Waals surface area contributed by atoms with Crippen LogP contribution in [0.4, 0.5) is 0 Å². The molecule has 0 aliphatic carbocycles. The summed E-state index contributed by atoms with van der Waals surface area (Å²) in [6.07, 6.45) is 11.3. The van der Waals surface area contributed by atoms with Crippen LogP contribution in [0.5, 0.6) is 0 Å². The number of allylic oxidation sites excluding steroid dienone is 2. The van der Waals surface area contributed by atoms with Crippen molar-refractivity contribution in [2.24, 2.45) is 5.92 Å². The van der Waals surface area contributed by atoms with Gasteiger partial charge in [-0.25, -0.2) is 0 Å². The van der Waals surface area contributed by atoms with Gasteiger partial charge in [0.1, 0.15) is 18.8 Å². The zero-order valence-corrected chi connectivity index (χ0v) is 15.4. The molecule has 25 heavy (non-hydrogen) atoms. The highest BCUT2D eigenvalue weighted by Crippen LogP contribution is 2.32. The number of unbranched alkanes of at least 4 members (excludes halogenated alkanes) is 3. The Balaban J connectivity index is 2.48. The topological polar surface area (TPSA) is 81.7 Å². The van der Waals surface area contributed by atoms with Crippen molar-refractivity contribution in [2.75, 3.05) is 6.54 Å². The first-order chi connectivity index (χ1) is 12.1. The smallest absolute Gasteiger partial charge is 0.325 e. The summed E-state index contributed by atoms with van der Waals surface area (Å²) in [7, 11) is 0. The van der Waals surface area contributed by atoms with Gasteiger partial charge < -0.3 is 14.8 Å². The number of carbonyl (C=O) groups is 3. The van der Waals surface area contributed by atoms with E-state index in [0.717, 1.165) is 32.1 Å². The SMILES string of the molecule is CC=CCCC(C[C@@H]1OC(=O)[C@H]1CCCCCC)OC(=O)CNC=O. The van der Waals surface area contributed by atoms with E-state index in [1.807, 2.05) is 19.1 Å². The number of ether oxygens (including phenoxy) is 2. The molecule has 0 aromatic heterocycles. The molecule has 1 rings (SSSR count). The molecule has 1 amide bonds. The molecule has 1 aliphatic heterocycles. The van der Waals surface area contributed by atoms with Crippen LogP contribution in [-0.2, 0) is 23.9 Å². The maximum atomic E-state index is 11.8. The van der Waals surface area contributed by atoms with E-state index in [2.05, 4.69) is 12.2 Å². The van der Waals surface area contributed by atoms with Crippen LogP contribution in [0.1, 0.15) is 65.2 Å². The molecule has 0 radical (unpaired) electrons. The quantitative estimate of drug-likeness (QED) is 0.225. The van der Waals surface area contributed by atoms with Crippen LogP contribution in [0, 0.1) is 5.92 Å². The Morgan fingerprint density at radius 1 is 1.36 bits per heavy atom. The molecule has 0 aromatic rings. The molecule has 0 saturated carbocycles. The predicted octanol–water partition coefficient (Wildman–Crippen LogP) is 2.90. The van der Waals surface area contributed by atoms with Gasteiger partial charge in [0.05, 0.1) is 5.92 Å². The van der Waals surface area contributed by atoms with Gasteiger partial charge in [0.15, 0.2) is 0 Å². The highest BCUT2D eigenvalue weighted by atomic mass is 16.6. The van der Waals surface area contributed by atoms with Gasteiger partial charge in [-0.3, -0.25) is 14.4 Å². The van der Waals surface area contributed by atoms with E-state index in [1.54, 1.807) is 0 Å². The number of hydrogen-bond acceptors (Lipinski definition) is 5. The summed E-state index contributed by atoms with van der Waals surface area (Å²) in [5.41, 5.74) is 0. The summed E-state index contributed by atoms with van der Waals surface area (Å²) in [6, 6.07) is 0. The van der Waals surface area contributed by atoms with Crippen molar-refractivity contribution >= 4 is 18.3 Å². The molecule has 1 fully saturated rings. The van der Waals surface area contributed by atoms with Crippen LogP contribution < -0.4 is 5.32 Å². The second-order valence-electron chi connectivity index (χ2n) is 6.42. The van der Waals surface area contributed by atoms with Crippen molar-refractivity contribution in [2.45, 2.75) is 77.4 Å². The van der Waals surface area contributed by atoms with Crippen LogP contribution in [0.25, 0.3) is 0 Å². The molecule has 0 bridgehead atoms.